The van der Waals surface area contributed by atoms with Gasteiger partial charge >= 0.3 is 0 Å². The molecule has 28 heavy (non-hydrogen) atoms. The summed E-state index contributed by atoms with van der Waals surface area (Å²) in [6.45, 7) is 2.59. The standard InChI is InChI=1S/C20H19N3O4S/c1-13(19(24)23(2)11-14-6-4-3-5-7-14)28-20-22-21-18(27-20)15-8-9-16-17(10-15)26-12-25-16/h3-10,13H,11-12H2,1-2H3/t13-/m0/s1. The zero-order valence-corrected chi connectivity index (χ0v) is 16.3. The lowest BCUT2D eigenvalue weighted by atomic mass is 10.2. The van der Waals surface area contributed by atoms with Crippen LogP contribution in [-0.4, -0.2) is 40.1 Å². The molecule has 0 saturated carbocycles. The quantitative estimate of drug-likeness (QED) is 0.588. The van der Waals surface area contributed by atoms with Crippen LogP contribution in [0.25, 0.3) is 11.5 Å². The van der Waals surface area contributed by atoms with E-state index in [9.17, 15) is 4.79 Å². The molecule has 3 aromatic rings. The highest BCUT2D eigenvalue weighted by atomic mass is 32.2. The summed E-state index contributed by atoms with van der Waals surface area (Å²) in [5, 5.41) is 8.13. The Morgan fingerprint density at radius 1 is 1.14 bits per heavy atom. The van der Waals surface area contributed by atoms with Crippen LogP contribution in [0, 0.1) is 0 Å². The average Bonchev–Trinajstić information content (AvgIpc) is 3.36. The van der Waals surface area contributed by atoms with Gasteiger partial charge in [-0.1, -0.05) is 42.1 Å². The fourth-order valence-electron chi connectivity index (χ4n) is 2.85. The third-order valence-electron chi connectivity index (χ3n) is 4.29. The average molecular weight is 397 g/mol. The number of ether oxygens (including phenoxy) is 2. The van der Waals surface area contributed by atoms with Gasteiger partial charge in [0.25, 0.3) is 5.22 Å². The Morgan fingerprint density at radius 2 is 1.93 bits per heavy atom. The Hall–Kier alpha value is -3.00. The van der Waals surface area contributed by atoms with Crippen molar-refractivity contribution in [3.63, 3.8) is 0 Å². The molecule has 1 aliphatic rings. The Bertz CT molecular complexity index is 977. The van der Waals surface area contributed by atoms with Gasteiger partial charge in [0.15, 0.2) is 11.5 Å². The van der Waals surface area contributed by atoms with Gasteiger partial charge in [-0.2, -0.15) is 0 Å². The second kappa shape index (κ2) is 7.93. The molecular formula is C20H19N3O4S. The lowest BCUT2D eigenvalue weighted by molar-refractivity contribution is -0.129. The molecule has 0 fully saturated rings. The Kier molecular flexibility index (Phi) is 5.21. The first kappa shape index (κ1) is 18.4. The third kappa shape index (κ3) is 3.96. The number of fused-ring (bicyclic) bond motifs is 1. The minimum Gasteiger partial charge on any atom is -0.454 e. The van der Waals surface area contributed by atoms with Crippen LogP contribution in [0.15, 0.2) is 58.2 Å². The van der Waals surface area contributed by atoms with E-state index in [4.69, 9.17) is 13.9 Å². The van der Waals surface area contributed by atoms with Crippen LogP contribution >= 0.6 is 11.8 Å². The van der Waals surface area contributed by atoms with E-state index in [2.05, 4.69) is 10.2 Å². The maximum Gasteiger partial charge on any atom is 0.277 e. The van der Waals surface area contributed by atoms with Gasteiger partial charge in [0.05, 0.1) is 5.25 Å². The first-order valence-corrected chi connectivity index (χ1v) is 9.67. The van der Waals surface area contributed by atoms with Gasteiger partial charge in [0.1, 0.15) is 0 Å². The van der Waals surface area contributed by atoms with E-state index >= 15 is 0 Å². The normalized spacial score (nSPS) is 13.4. The zero-order chi connectivity index (χ0) is 19.5. The molecule has 0 unspecified atom stereocenters. The number of thioether (sulfide) groups is 1. The molecule has 1 atom stereocenters. The maximum atomic E-state index is 12.6. The minimum absolute atomic E-state index is 0.00307. The Morgan fingerprint density at radius 3 is 2.75 bits per heavy atom. The first-order chi connectivity index (χ1) is 13.6. The van der Waals surface area contributed by atoms with Gasteiger partial charge in [-0.15, -0.1) is 10.2 Å². The first-order valence-electron chi connectivity index (χ1n) is 8.79. The number of hydrogen-bond acceptors (Lipinski definition) is 7. The van der Waals surface area contributed by atoms with Crippen molar-refractivity contribution in [2.75, 3.05) is 13.8 Å². The lowest BCUT2D eigenvalue weighted by Gasteiger charge is -2.20. The molecular weight excluding hydrogens is 378 g/mol. The summed E-state index contributed by atoms with van der Waals surface area (Å²) in [5.41, 5.74) is 1.82. The van der Waals surface area contributed by atoms with Crippen LogP contribution in [0.4, 0.5) is 0 Å². The number of nitrogens with zero attached hydrogens (tertiary/aromatic N) is 3. The minimum atomic E-state index is -0.348. The largest absolute Gasteiger partial charge is 0.454 e. The summed E-state index contributed by atoms with van der Waals surface area (Å²) in [6, 6.07) is 15.3. The second-order valence-electron chi connectivity index (χ2n) is 6.38. The van der Waals surface area contributed by atoms with Gasteiger partial charge in [-0.05, 0) is 30.7 Å². The van der Waals surface area contributed by atoms with E-state index in [-0.39, 0.29) is 18.0 Å². The molecule has 1 aliphatic heterocycles. The molecule has 0 radical (unpaired) electrons. The van der Waals surface area contributed by atoms with Crippen LogP contribution in [0.3, 0.4) is 0 Å². The van der Waals surface area contributed by atoms with E-state index < -0.39 is 0 Å². The smallest absolute Gasteiger partial charge is 0.277 e. The number of carbonyl (C=O) groups is 1. The predicted octanol–water partition coefficient (Wildman–Crippen LogP) is 3.60. The molecule has 0 aliphatic carbocycles. The van der Waals surface area contributed by atoms with Gasteiger partial charge in [-0.25, -0.2) is 0 Å². The second-order valence-corrected chi connectivity index (χ2v) is 7.67. The summed E-state index contributed by atoms with van der Waals surface area (Å²) < 4.78 is 16.4. The molecule has 0 saturated heterocycles. The van der Waals surface area contributed by atoms with Gasteiger partial charge in [-0.3, -0.25) is 4.79 Å². The maximum absolute atomic E-state index is 12.6. The lowest BCUT2D eigenvalue weighted by Crippen LogP contribution is -2.32. The van der Waals surface area contributed by atoms with E-state index in [0.29, 0.717) is 29.2 Å². The number of aromatic nitrogens is 2. The van der Waals surface area contributed by atoms with Crippen molar-refractivity contribution in [1.82, 2.24) is 15.1 Å². The van der Waals surface area contributed by atoms with Crippen molar-refractivity contribution < 1.29 is 18.7 Å². The van der Waals surface area contributed by atoms with Gasteiger partial charge in [0.2, 0.25) is 18.6 Å². The zero-order valence-electron chi connectivity index (χ0n) is 15.5. The summed E-state index contributed by atoms with van der Waals surface area (Å²) in [7, 11) is 1.79. The molecule has 2 heterocycles. The monoisotopic (exact) mass is 397 g/mol. The van der Waals surface area contributed by atoms with Crippen LogP contribution in [0.1, 0.15) is 12.5 Å². The fraction of sp³-hybridized carbons (Fsp3) is 0.250. The predicted molar refractivity (Wildman–Crippen MR) is 104 cm³/mol. The third-order valence-corrected chi connectivity index (χ3v) is 5.21. The molecule has 7 nitrogen and oxygen atoms in total. The number of rotatable bonds is 6. The van der Waals surface area contributed by atoms with Crippen LogP contribution in [-0.2, 0) is 11.3 Å². The van der Waals surface area contributed by atoms with Crippen molar-refractivity contribution >= 4 is 17.7 Å². The molecule has 8 heteroatoms. The molecule has 0 spiro atoms. The van der Waals surface area contributed by atoms with E-state index in [1.54, 1.807) is 24.1 Å². The van der Waals surface area contributed by atoms with Crippen molar-refractivity contribution in [3.8, 4) is 23.0 Å². The number of carbonyl (C=O) groups excluding carboxylic acids is 1. The van der Waals surface area contributed by atoms with Gasteiger partial charge in [0, 0.05) is 19.2 Å². The molecule has 2 aromatic carbocycles. The molecule has 1 aromatic heterocycles. The summed E-state index contributed by atoms with van der Waals surface area (Å²) in [6.07, 6.45) is 0. The van der Waals surface area contributed by atoms with E-state index in [1.807, 2.05) is 43.3 Å². The molecule has 4 rings (SSSR count). The van der Waals surface area contributed by atoms with E-state index in [0.717, 1.165) is 11.1 Å². The molecule has 144 valence electrons. The van der Waals surface area contributed by atoms with Crippen molar-refractivity contribution in [2.24, 2.45) is 0 Å². The highest BCUT2D eigenvalue weighted by Crippen LogP contribution is 2.36. The molecule has 0 N–H and O–H groups in total. The fourth-order valence-corrected chi connectivity index (χ4v) is 3.65. The van der Waals surface area contributed by atoms with Gasteiger partial charge < -0.3 is 18.8 Å². The van der Waals surface area contributed by atoms with E-state index in [1.165, 1.54) is 11.8 Å². The highest BCUT2D eigenvalue weighted by molar-refractivity contribution is 8.00. The van der Waals surface area contributed by atoms with Crippen molar-refractivity contribution in [1.29, 1.82) is 0 Å². The highest BCUT2D eigenvalue weighted by Gasteiger charge is 2.22. The van der Waals surface area contributed by atoms with Crippen molar-refractivity contribution in [2.45, 2.75) is 23.9 Å². The summed E-state index contributed by atoms with van der Waals surface area (Å²) in [5.74, 6) is 1.71. The Labute approximate surface area is 166 Å². The SMILES string of the molecule is C[C@H](Sc1nnc(-c2ccc3c(c2)OCO3)o1)C(=O)N(C)Cc1ccccc1. The summed E-state index contributed by atoms with van der Waals surface area (Å²) >= 11 is 1.24. The molecule has 0 bridgehead atoms. The van der Waals surface area contributed by atoms with Crippen LogP contribution < -0.4 is 9.47 Å². The molecule has 1 amide bonds. The Balaban J connectivity index is 1.39. The summed E-state index contributed by atoms with van der Waals surface area (Å²) in [4.78, 5) is 14.3. The van der Waals surface area contributed by atoms with Crippen LogP contribution in [0.2, 0.25) is 0 Å². The van der Waals surface area contributed by atoms with Crippen LogP contribution in [0.5, 0.6) is 11.5 Å². The number of amides is 1. The number of benzene rings is 2. The number of hydrogen-bond donors (Lipinski definition) is 0. The topological polar surface area (TPSA) is 77.7 Å². The van der Waals surface area contributed by atoms with Crippen molar-refractivity contribution in [3.05, 3.63) is 54.1 Å².